The highest BCUT2D eigenvalue weighted by Gasteiger charge is 2.46. The molecule has 3 atom stereocenters. The van der Waals surface area contributed by atoms with E-state index in [0.717, 1.165) is 22.8 Å². The Morgan fingerprint density at radius 2 is 1.92 bits per heavy atom. The van der Waals surface area contributed by atoms with E-state index in [0.29, 0.717) is 35.0 Å². The summed E-state index contributed by atoms with van der Waals surface area (Å²) in [5.41, 5.74) is 2.12. The van der Waals surface area contributed by atoms with Crippen LogP contribution in [0.15, 0.2) is 73.2 Å². The molecule has 4 aromatic rings. The number of carbonyl (C=O) groups excluding carboxylic acids is 2. The topological polar surface area (TPSA) is 97.3 Å². The smallest absolute Gasteiger partial charge is 0.329 e. The van der Waals surface area contributed by atoms with Gasteiger partial charge in [0.05, 0.1) is 17.8 Å². The minimum Gasteiger partial charge on any atom is -0.487 e. The number of fused-ring (bicyclic) bond motifs is 2. The number of anilines is 1. The van der Waals surface area contributed by atoms with Gasteiger partial charge in [0.25, 0.3) is 0 Å². The summed E-state index contributed by atoms with van der Waals surface area (Å²) in [5.74, 6) is 0.201. The highest BCUT2D eigenvalue weighted by molar-refractivity contribution is 6.31. The van der Waals surface area contributed by atoms with Crippen LogP contribution in [0.25, 0.3) is 10.8 Å². The van der Waals surface area contributed by atoms with Gasteiger partial charge in [-0.05, 0) is 49.4 Å². The summed E-state index contributed by atoms with van der Waals surface area (Å²) < 4.78 is 6.09. The third-order valence-corrected chi connectivity index (χ3v) is 7.54. The fourth-order valence-corrected chi connectivity index (χ4v) is 5.81. The molecule has 1 aliphatic carbocycles. The van der Waals surface area contributed by atoms with Crippen LogP contribution >= 0.6 is 11.6 Å². The lowest BCUT2D eigenvalue weighted by Crippen LogP contribution is -2.61. The Morgan fingerprint density at radius 3 is 2.78 bits per heavy atom. The number of nitrogens with zero attached hydrogens (tertiary/aromatic N) is 4. The van der Waals surface area contributed by atoms with Gasteiger partial charge in [-0.15, -0.1) is 0 Å². The number of imide groups is 1. The molecular formula is C28H24ClN5O3. The third kappa shape index (κ3) is 4.38. The molecule has 186 valence electrons. The summed E-state index contributed by atoms with van der Waals surface area (Å²) in [4.78, 5) is 32.4. The zero-order valence-corrected chi connectivity index (χ0v) is 20.6. The molecule has 3 amide bonds. The summed E-state index contributed by atoms with van der Waals surface area (Å²) in [6.45, 7) is 0.267. The molecule has 9 heteroatoms. The Labute approximate surface area is 218 Å². The van der Waals surface area contributed by atoms with Crippen LogP contribution in [0, 0.1) is 5.92 Å². The monoisotopic (exact) mass is 513 g/mol. The lowest BCUT2D eigenvalue weighted by Gasteiger charge is -2.42. The second kappa shape index (κ2) is 9.78. The Morgan fingerprint density at radius 1 is 1.03 bits per heavy atom. The van der Waals surface area contributed by atoms with E-state index in [-0.39, 0.29) is 30.4 Å². The van der Waals surface area contributed by atoms with Crippen molar-refractivity contribution >= 4 is 40.0 Å². The Kier molecular flexibility index (Phi) is 6.18. The SMILES string of the molecule is O=C1NC2CC(c3c(Cl)cccc3OCc3cccnn3)CCC2C(=O)N1c1cncc2ccccc12. The molecule has 3 heterocycles. The van der Waals surface area contributed by atoms with Crippen molar-refractivity contribution in [3.8, 4) is 5.75 Å². The highest BCUT2D eigenvalue weighted by Crippen LogP contribution is 2.45. The number of amides is 3. The molecule has 0 radical (unpaired) electrons. The molecule has 1 aliphatic heterocycles. The highest BCUT2D eigenvalue weighted by atomic mass is 35.5. The molecule has 2 fully saturated rings. The van der Waals surface area contributed by atoms with Crippen molar-refractivity contribution in [3.63, 3.8) is 0 Å². The van der Waals surface area contributed by atoms with E-state index < -0.39 is 6.03 Å². The maximum absolute atomic E-state index is 13.6. The first-order valence-electron chi connectivity index (χ1n) is 12.2. The van der Waals surface area contributed by atoms with E-state index in [9.17, 15) is 9.59 Å². The molecule has 1 saturated carbocycles. The van der Waals surface area contributed by atoms with Crippen LogP contribution < -0.4 is 15.0 Å². The molecule has 2 aromatic heterocycles. The van der Waals surface area contributed by atoms with Crippen molar-refractivity contribution in [2.75, 3.05) is 4.90 Å². The van der Waals surface area contributed by atoms with Gasteiger partial charge in [0, 0.05) is 39.8 Å². The number of carbonyl (C=O) groups is 2. The van der Waals surface area contributed by atoms with E-state index in [1.165, 1.54) is 4.90 Å². The summed E-state index contributed by atoms with van der Waals surface area (Å²) in [6, 6.07) is 16.1. The molecule has 1 N–H and O–H groups in total. The molecule has 3 unspecified atom stereocenters. The minimum atomic E-state index is -0.427. The van der Waals surface area contributed by atoms with E-state index in [4.69, 9.17) is 16.3 Å². The van der Waals surface area contributed by atoms with E-state index in [1.54, 1.807) is 18.6 Å². The summed E-state index contributed by atoms with van der Waals surface area (Å²) >= 11 is 6.66. The molecule has 2 aliphatic rings. The van der Waals surface area contributed by atoms with Crippen molar-refractivity contribution in [2.24, 2.45) is 5.92 Å². The lowest BCUT2D eigenvalue weighted by atomic mass is 9.74. The van der Waals surface area contributed by atoms with Gasteiger partial charge in [-0.25, -0.2) is 9.69 Å². The Balaban J connectivity index is 1.24. The fraction of sp³-hybridized carbons (Fsp3) is 0.250. The number of benzene rings is 2. The zero-order valence-electron chi connectivity index (χ0n) is 19.9. The number of rotatable bonds is 5. The molecular weight excluding hydrogens is 490 g/mol. The van der Waals surface area contributed by atoms with Gasteiger partial charge >= 0.3 is 6.03 Å². The first-order chi connectivity index (χ1) is 18.1. The number of ether oxygens (including phenoxy) is 1. The first kappa shape index (κ1) is 23.4. The van der Waals surface area contributed by atoms with E-state index >= 15 is 0 Å². The largest absolute Gasteiger partial charge is 0.487 e. The summed E-state index contributed by atoms with van der Waals surface area (Å²) in [7, 11) is 0. The van der Waals surface area contributed by atoms with Crippen LogP contribution in [0.1, 0.15) is 36.4 Å². The number of halogens is 1. The number of aromatic nitrogens is 3. The van der Waals surface area contributed by atoms with Crippen molar-refractivity contribution in [2.45, 2.75) is 37.8 Å². The van der Waals surface area contributed by atoms with Crippen molar-refractivity contribution in [3.05, 3.63) is 89.5 Å². The fourth-order valence-electron chi connectivity index (χ4n) is 5.49. The number of hydrogen-bond acceptors (Lipinski definition) is 6. The van der Waals surface area contributed by atoms with Crippen LogP contribution in [0.4, 0.5) is 10.5 Å². The standard InChI is InChI=1S/C28H24ClN5O3/c29-22-8-3-9-25(37-16-19-6-4-12-31-33-19)26(22)17-10-11-21-23(13-17)32-28(36)34(27(21)35)24-15-30-14-18-5-1-2-7-20(18)24/h1-9,12,14-15,17,21,23H,10-11,13,16H2,(H,32,36). The zero-order chi connectivity index (χ0) is 25.4. The van der Waals surface area contributed by atoms with Gasteiger partial charge in [-0.2, -0.15) is 10.2 Å². The van der Waals surface area contributed by atoms with Crippen LogP contribution in [-0.4, -0.2) is 33.2 Å². The van der Waals surface area contributed by atoms with Gasteiger partial charge in [0.1, 0.15) is 18.1 Å². The van der Waals surface area contributed by atoms with Crippen LogP contribution in [0.5, 0.6) is 5.75 Å². The van der Waals surface area contributed by atoms with Crippen LogP contribution in [0.2, 0.25) is 5.02 Å². The molecule has 1 saturated heterocycles. The molecule has 37 heavy (non-hydrogen) atoms. The third-order valence-electron chi connectivity index (χ3n) is 7.21. The maximum Gasteiger partial charge on any atom is 0.329 e. The number of hydrogen-bond donors (Lipinski definition) is 1. The Hall–Kier alpha value is -4.04. The van der Waals surface area contributed by atoms with E-state index in [1.807, 2.05) is 54.6 Å². The van der Waals surface area contributed by atoms with Gasteiger partial charge in [-0.3, -0.25) is 9.78 Å². The molecule has 0 bridgehead atoms. The van der Waals surface area contributed by atoms with Crippen molar-refractivity contribution in [1.29, 1.82) is 0 Å². The van der Waals surface area contributed by atoms with Crippen molar-refractivity contribution < 1.29 is 14.3 Å². The normalized spacial score (nSPS) is 21.4. The average Bonchev–Trinajstić information content (AvgIpc) is 2.92. The predicted molar refractivity (Wildman–Crippen MR) is 139 cm³/mol. The second-order valence-electron chi connectivity index (χ2n) is 9.38. The molecule has 8 nitrogen and oxygen atoms in total. The van der Waals surface area contributed by atoms with Crippen LogP contribution in [-0.2, 0) is 11.4 Å². The molecule has 6 rings (SSSR count). The Bertz CT molecular complexity index is 1480. The predicted octanol–water partition coefficient (Wildman–Crippen LogP) is 5.27. The average molecular weight is 514 g/mol. The number of urea groups is 1. The summed E-state index contributed by atoms with van der Waals surface area (Å²) in [6.07, 6.45) is 6.89. The van der Waals surface area contributed by atoms with E-state index in [2.05, 4.69) is 20.5 Å². The quantitative estimate of drug-likeness (QED) is 0.390. The van der Waals surface area contributed by atoms with Crippen LogP contribution in [0.3, 0.4) is 0 Å². The molecule has 2 aromatic carbocycles. The molecule has 0 spiro atoms. The van der Waals surface area contributed by atoms with Gasteiger partial charge in [-0.1, -0.05) is 41.9 Å². The van der Waals surface area contributed by atoms with Gasteiger partial charge < -0.3 is 10.1 Å². The second-order valence-corrected chi connectivity index (χ2v) is 9.79. The maximum atomic E-state index is 13.6. The van der Waals surface area contributed by atoms with Gasteiger partial charge in [0.15, 0.2) is 0 Å². The summed E-state index contributed by atoms with van der Waals surface area (Å²) in [5, 5.41) is 13.4. The number of pyridine rings is 1. The van der Waals surface area contributed by atoms with Gasteiger partial charge in [0.2, 0.25) is 5.91 Å². The first-order valence-corrected chi connectivity index (χ1v) is 12.6. The van der Waals surface area contributed by atoms with Crippen molar-refractivity contribution in [1.82, 2.24) is 20.5 Å². The lowest BCUT2D eigenvalue weighted by molar-refractivity contribution is -0.124. The minimum absolute atomic E-state index is 0.0330. The number of nitrogens with one attached hydrogen (secondary N) is 1.